The van der Waals surface area contributed by atoms with Crippen molar-refractivity contribution in [2.75, 3.05) is 11.4 Å². The van der Waals surface area contributed by atoms with E-state index in [0.29, 0.717) is 13.0 Å². The van der Waals surface area contributed by atoms with E-state index in [4.69, 9.17) is 0 Å². The van der Waals surface area contributed by atoms with Crippen molar-refractivity contribution in [2.24, 2.45) is 0 Å². The number of anilines is 1. The third kappa shape index (κ3) is 3.30. The van der Waals surface area contributed by atoms with Crippen LogP contribution in [0.15, 0.2) is 48.8 Å². The van der Waals surface area contributed by atoms with Crippen LogP contribution in [0.1, 0.15) is 31.4 Å². The number of pyridine rings is 1. The average Bonchev–Trinajstić information content (AvgIpc) is 2.57. The van der Waals surface area contributed by atoms with Crippen molar-refractivity contribution in [3.05, 3.63) is 59.9 Å². The number of nitrogens with one attached hydrogen (secondary N) is 1. The van der Waals surface area contributed by atoms with Crippen molar-refractivity contribution in [3.8, 4) is 0 Å². The van der Waals surface area contributed by atoms with Gasteiger partial charge in [-0.05, 0) is 23.3 Å². The molecule has 1 aromatic carbocycles. The van der Waals surface area contributed by atoms with Gasteiger partial charge in [0.15, 0.2) is 0 Å². The number of benzene rings is 1. The lowest BCUT2D eigenvalue weighted by atomic mass is 9.77. The molecular weight excluding hydrogens is 302 g/mol. The summed E-state index contributed by atoms with van der Waals surface area (Å²) in [6, 6.07) is 11.5. The van der Waals surface area contributed by atoms with Gasteiger partial charge in [-0.1, -0.05) is 38.1 Å². The Labute approximate surface area is 141 Å². The molecule has 0 spiro atoms. The lowest BCUT2D eigenvalue weighted by Gasteiger charge is -2.38. The summed E-state index contributed by atoms with van der Waals surface area (Å²) < 4.78 is 0. The number of hydrogen-bond donors (Lipinski definition) is 1. The molecule has 3 rings (SSSR count). The summed E-state index contributed by atoms with van der Waals surface area (Å²) in [5, 5.41) is 2.85. The number of nitrogens with zero attached hydrogens (tertiary/aromatic N) is 2. The molecule has 0 unspecified atom stereocenters. The maximum atomic E-state index is 12.5. The zero-order valence-corrected chi connectivity index (χ0v) is 14.0. The first-order chi connectivity index (χ1) is 11.5. The molecule has 1 aromatic heterocycles. The van der Waals surface area contributed by atoms with Crippen molar-refractivity contribution in [3.63, 3.8) is 0 Å². The molecular formula is C19H21N3O2. The number of hydrogen-bond acceptors (Lipinski definition) is 3. The number of para-hydroxylation sites is 1. The van der Waals surface area contributed by atoms with Gasteiger partial charge >= 0.3 is 0 Å². The normalized spacial score (nSPS) is 15.8. The number of aromatic nitrogens is 1. The smallest absolute Gasteiger partial charge is 0.240 e. The highest BCUT2D eigenvalue weighted by molar-refractivity contribution is 6.02. The lowest BCUT2D eigenvalue weighted by Crippen LogP contribution is -2.46. The minimum absolute atomic E-state index is 0.0183. The van der Waals surface area contributed by atoms with Crippen LogP contribution < -0.4 is 10.2 Å². The van der Waals surface area contributed by atoms with Gasteiger partial charge < -0.3 is 10.2 Å². The SMILES string of the molecule is CC1(C)CC(=O)N(CC(=O)NCc2cccnc2)c2ccccc21. The van der Waals surface area contributed by atoms with Crippen LogP contribution in [0, 0.1) is 0 Å². The molecule has 2 amide bonds. The van der Waals surface area contributed by atoms with Crippen LogP contribution in [0.25, 0.3) is 0 Å². The monoisotopic (exact) mass is 323 g/mol. The predicted octanol–water partition coefficient (Wildman–Crippen LogP) is 2.41. The van der Waals surface area contributed by atoms with Crippen LogP contribution in [0.3, 0.4) is 0 Å². The van der Waals surface area contributed by atoms with E-state index in [-0.39, 0.29) is 23.8 Å². The van der Waals surface area contributed by atoms with E-state index in [1.807, 2.05) is 36.4 Å². The van der Waals surface area contributed by atoms with Gasteiger partial charge in [-0.3, -0.25) is 14.6 Å². The molecule has 1 aliphatic rings. The Bertz CT molecular complexity index is 756. The van der Waals surface area contributed by atoms with Crippen molar-refractivity contribution >= 4 is 17.5 Å². The van der Waals surface area contributed by atoms with Gasteiger partial charge in [-0.15, -0.1) is 0 Å². The van der Waals surface area contributed by atoms with Crippen LogP contribution in [-0.4, -0.2) is 23.3 Å². The Balaban J connectivity index is 1.72. The van der Waals surface area contributed by atoms with E-state index in [1.54, 1.807) is 17.3 Å². The van der Waals surface area contributed by atoms with Gasteiger partial charge in [0.2, 0.25) is 11.8 Å². The number of fused-ring (bicyclic) bond motifs is 1. The van der Waals surface area contributed by atoms with Gasteiger partial charge in [0, 0.05) is 36.5 Å². The van der Waals surface area contributed by atoms with E-state index in [2.05, 4.69) is 24.1 Å². The van der Waals surface area contributed by atoms with Crippen molar-refractivity contribution in [1.29, 1.82) is 0 Å². The van der Waals surface area contributed by atoms with Crippen LogP contribution in [-0.2, 0) is 21.5 Å². The average molecular weight is 323 g/mol. The van der Waals surface area contributed by atoms with Gasteiger partial charge in [0.25, 0.3) is 0 Å². The van der Waals surface area contributed by atoms with Gasteiger partial charge in [-0.25, -0.2) is 0 Å². The van der Waals surface area contributed by atoms with Crippen molar-refractivity contribution in [1.82, 2.24) is 10.3 Å². The number of carbonyl (C=O) groups excluding carboxylic acids is 2. The van der Waals surface area contributed by atoms with Crippen molar-refractivity contribution in [2.45, 2.75) is 32.2 Å². The lowest BCUT2D eigenvalue weighted by molar-refractivity contribution is -0.124. The number of carbonyl (C=O) groups is 2. The predicted molar refractivity (Wildman–Crippen MR) is 92.5 cm³/mol. The zero-order chi connectivity index (χ0) is 17.2. The minimum Gasteiger partial charge on any atom is -0.350 e. The Morgan fingerprint density at radius 1 is 1.25 bits per heavy atom. The highest BCUT2D eigenvalue weighted by Gasteiger charge is 2.36. The zero-order valence-electron chi connectivity index (χ0n) is 14.0. The molecule has 5 nitrogen and oxygen atoms in total. The Morgan fingerprint density at radius 3 is 2.79 bits per heavy atom. The molecule has 0 atom stereocenters. The minimum atomic E-state index is -0.212. The number of rotatable bonds is 4. The first kappa shape index (κ1) is 16.2. The molecule has 2 aromatic rings. The molecule has 1 aliphatic heterocycles. The summed E-state index contributed by atoms with van der Waals surface area (Å²) in [7, 11) is 0. The molecule has 124 valence electrons. The summed E-state index contributed by atoms with van der Waals surface area (Å²) in [4.78, 5) is 30.4. The van der Waals surface area contributed by atoms with E-state index in [9.17, 15) is 9.59 Å². The maximum Gasteiger partial charge on any atom is 0.240 e. The Morgan fingerprint density at radius 2 is 2.04 bits per heavy atom. The van der Waals surface area contributed by atoms with Gasteiger partial charge in [-0.2, -0.15) is 0 Å². The van der Waals surface area contributed by atoms with Gasteiger partial charge in [0.1, 0.15) is 6.54 Å². The molecule has 24 heavy (non-hydrogen) atoms. The molecule has 0 aliphatic carbocycles. The molecule has 0 bridgehead atoms. The van der Waals surface area contributed by atoms with E-state index in [0.717, 1.165) is 16.8 Å². The Hall–Kier alpha value is -2.69. The van der Waals surface area contributed by atoms with E-state index < -0.39 is 0 Å². The van der Waals surface area contributed by atoms with Crippen LogP contribution in [0.5, 0.6) is 0 Å². The standard InChI is InChI=1S/C19H21N3O2/c1-19(2)10-18(24)22(16-8-4-3-7-15(16)19)13-17(23)21-12-14-6-5-9-20-11-14/h3-9,11H,10,12-13H2,1-2H3,(H,21,23). The second-order valence-corrected chi connectivity index (χ2v) is 6.70. The molecule has 2 heterocycles. The van der Waals surface area contributed by atoms with Crippen LogP contribution in [0.4, 0.5) is 5.69 Å². The van der Waals surface area contributed by atoms with Gasteiger partial charge in [0.05, 0.1) is 0 Å². The second-order valence-electron chi connectivity index (χ2n) is 6.70. The molecule has 0 saturated heterocycles. The van der Waals surface area contributed by atoms with Crippen molar-refractivity contribution < 1.29 is 9.59 Å². The highest BCUT2D eigenvalue weighted by Crippen LogP contribution is 2.39. The quantitative estimate of drug-likeness (QED) is 0.940. The third-order valence-electron chi connectivity index (χ3n) is 4.33. The largest absolute Gasteiger partial charge is 0.350 e. The summed E-state index contributed by atoms with van der Waals surface area (Å²) in [5.74, 6) is -0.197. The third-order valence-corrected chi connectivity index (χ3v) is 4.33. The summed E-state index contributed by atoms with van der Waals surface area (Å²) in [6.45, 7) is 4.56. The first-order valence-electron chi connectivity index (χ1n) is 8.03. The maximum absolute atomic E-state index is 12.5. The molecule has 0 fully saturated rings. The highest BCUT2D eigenvalue weighted by atomic mass is 16.2. The van der Waals surface area contributed by atoms with Crippen LogP contribution in [0.2, 0.25) is 0 Å². The van der Waals surface area contributed by atoms with Crippen LogP contribution >= 0.6 is 0 Å². The first-order valence-corrected chi connectivity index (χ1v) is 8.03. The summed E-state index contributed by atoms with van der Waals surface area (Å²) in [5.41, 5.74) is 2.65. The fraction of sp³-hybridized carbons (Fsp3) is 0.316. The molecule has 1 N–H and O–H groups in total. The summed E-state index contributed by atoms with van der Waals surface area (Å²) in [6.07, 6.45) is 3.81. The fourth-order valence-electron chi connectivity index (χ4n) is 3.06. The summed E-state index contributed by atoms with van der Waals surface area (Å²) >= 11 is 0. The topological polar surface area (TPSA) is 62.3 Å². The fourth-order valence-corrected chi connectivity index (χ4v) is 3.06. The molecule has 0 saturated carbocycles. The van der Waals surface area contributed by atoms with E-state index >= 15 is 0 Å². The molecule has 0 radical (unpaired) electrons. The Kier molecular flexibility index (Phi) is 4.34. The van der Waals surface area contributed by atoms with E-state index in [1.165, 1.54) is 0 Å². The second kappa shape index (κ2) is 6.43. The molecule has 5 heteroatoms. The number of amides is 2.